The van der Waals surface area contributed by atoms with E-state index in [-0.39, 0.29) is 11.3 Å². The van der Waals surface area contributed by atoms with Gasteiger partial charge in [0.15, 0.2) is 0 Å². The van der Waals surface area contributed by atoms with Gasteiger partial charge in [-0.25, -0.2) is 0 Å². The summed E-state index contributed by atoms with van der Waals surface area (Å²) in [5.41, 5.74) is 2.02. The van der Waals surface area contributed by atoms with Crippen LogP contribution in [0.25, 0.3) is 0 Å². The minimum atomic E-state index is 0.256. The van der Waals surface area contributed by atoms with Crippen LogP contribution in [0.4, 0.5) is 0 Å². The van der Waals surface area contributed by atoms with Crippen LogP contribution in [0, 0.1) is 22.7 Å². The molecule has 0 radical (unpaired) electrons. The highest BCUT2D eigenvalue weighted by Gasteiger charge is 2.29. The van der Waals surface area contributed by atoms with Crippen molar-refractivity contribution in [1.82, 2.24) is 4.90 Å². The first-order chi connectivity index (χ1) is 9.90. The molecule has 1 unspecified atom stereocenters. The number of nitrogens with zero attached hydrogens (tertiary/aromatic N) is 2. The van der Waals surface area contributed by atoms with Crippen molar-refractivity contribution in [2.75, 3.05) is 6.54 Å². The Hall–Kier alpha value is -1.82. The summed E-state index contributed by atoms with van der Waals surface area (Å²) in [5.74, 6) is 0.860. The molecule has 0 N–H and O–H groups in total. The molecule has 2 rings (SSSR count). The van der Waals surface area contributed by atoms with Crippen molar-refractivity contribution >= 4 is 5.91 Å². The van der Waals surface area contributed by atoms with E-state index in [1.807, 2.05) is 29.2 Å². The Bertz CT molecular complexity index is 534. The van der Waals surface area contributed by atoms with Crippen molar-refractivity contribution in [2.24, 2.45) is 11.3 Å². The lowest BCUT2D eigenvalue weighted by atomic mass is 9.77. The molecule has 112 valence electrons. The number of carbonyl (C=O) groups excluding carboxylic acids is 1. The van der Waals surface area contributed by atoms with E-state index in [2.05, 4.69) is 26.8 Å². The maximum atomic E-state index is 12.3. The molecule has 0 bridgehead atoms. The predicted octanol–water partition coefficient (Wildman–Crippen LogP) is 3.73. The summed E-state index contributed by atoms with van der Waals surface area (Å²) in [4.78, 5) is 14.3. The van der Waals surface area contributed by atoms with Gasteiger partial charge in [-0.2, -0.15) is 5.26 Å². The fourth-order valence-electron chi connectivity index (χ4n) is 2.97. The van der Waals surface area contributed by atoms with E-state index in [4.69, 9.17) is 5.26 Å². The molecule has 3 heteroatoms. The van der Waals surface area contributed by atoms with Crippen LogP contribution in [-0.2, 0) is 11.3 Å². The number of hydrogen-bond acceptors (Lipinski definition) is 2. The van der Waals surface area contributed by atoms with Crippen LogP contribution in [0.2, 0.25) is 0 Å². The molecule has 21 heavy (non-hydrogen) atoms. The molecular weight excluding hydrogens is 260 g/mol. The van der Waals surface area contributed by atoms with Crippen LogP contribution < -0.4 is 0 Å². The molecule has 1 amide bonds. The molecule has 1 fully saturated rings. The average molecular weight is 284 g/mol. The van der Waals surface area contributed by atoms with Crippen LogP contribution in [-0.4, -0.2) is 17.4 Å². The molecule has 1 aromatic carbocycles. The first kappa shape index (κ1) is 15.6. The van der Waals surface area contributed by atoms with E-state index >= 15 is 0 Å². The smallest absolute Gasteiger partial charge is 0.222 e. The molecule has 0 aliphatic carbocycles. The molecular formula is C18H24N2O. The fraction of sp³-hybridized carbons (Fsp3) is 0.556. The summed E-state index contributed by atoms with van der Waals surface area (Å²) in [5, 5.41) is 8.82. The van der Waals surface area contributed by atoms with Crippen molar-refractivity contribution in [1.29, 1.82) is 5.26 Å². The molecule has 1 aromatic rings. The van der Waals surface area contributed by atoms with Crippen molar-refractivity contribution in [3.05, 3.63) is 35.4 Å². The summed E-state index contributed by atoms with van der Waals surface area (Å²) in [7, 11) is 0. The number of hydrogen-bond donors (Lipinski definition) is 0. The summed E-state index contributed by atoms with van der Waals surface area (Å²) < 4.78 is 0. The van der Waals surface area contributed by atoms with Crippen LogP contribution in [0.5, 0.6) is 0 Å². The van der Waals surface area contributed by atoms with Gasteiger partial charge in [0, 0.05) is 19.5 Å². The monoisotopic (exact) mass is 284 g/mol. The third kappa shape index (κ3) is 4.07. The van der Waals surface area contributed by atoms with Gasteiger partial charge in [-0.3, -0.25) is 4.79 Å². The van der Waals surface area contributed by atoms with E-state index in [0.717, 1.165) is 24.9 Å². The predicted molar refractivity (Wildman–Crippen MR) is 83.4 cm³/mol. The molecule has 1 aliphatic heterocycles. The summed E-state index contributed by atoms with van der Waals surface area (Å²) in [6, 6.07) is 9.63. The Morgan fingerprint density at radius 1 is 1.24 bits per heavy atom. The SMILES string of the molecule is CC(C)(C)C1CCC(=O)N(Cc2ccc(C#N)cc2)CC1. The number of benzene rings is 1. The minimum Gasteiger partial charge on any atom is -0.338 e. The Morgan fingerprint density at radius 3 is 2.48 bits per heavy atom. The van der Waals surface area contributed by atoms with Crippen LogP contribution in [0.1, 0.15) is 51.2 Å². The van der Waals surface area contributed by atoms with Gasteiger partial charge >= 0.3 is 0 Å². The van der Waals surface area contributed by atoms with E-state index in [1.165, 1.54) is 0 Å². The highest BCUT2D eigenvalue weighted by atomic mass is 16.2. The number of nitriles is 1. The summed E-state index contributed by atoms with van der Waals surface area (Å²) in [6.45, 7) is 8.28. The molecule has 1 heterocycles. The zero-order valence-electron chi connectivity index (χ0n) is 13.2. The lowest BCUT2D eigenvalue weighted by Crippen LogP contribution is -2.30. The number of amides is 1. The van der Waals surface area contributed by atoms with Crippen molar-refractivity contribution in [3.63, 3.8) is 0 Å². The second-order valence-corrected chi connectivity index (χ2v) is 7.01. The fourth-order valence-corrected chi connectivity index (χ4v) is 2.97. The van der Waals surface area contributed by atoms with Crippen LogP contribution in [0.3, 0.4) is 0 Å². The van der Waals surface area contributed by atoms with Crippen LogP contribution >= 0.6 is 0 Å². The normalized spacial score (nSPS) is 20.0. The Balaban J connectivity index is 2.02. The van der Waals surface area contributed by atoms with E-state index < -0.39 is 0 Å². The highest BCUT2D eigenvalue weighted by Crippen LogP contribution is 2.34. The van der Waals surface area contributed by atoms with Gasteiger partial charge in [0.2, 0.25) is 5.91 Å². The summed E-state index contributed by atoms with van der Waals surface area (Å²) in [6.07, 6.45) is 2.72. The Kier molecular flexibility index (Phi) is 4.67. The maximum absolute atomic E-state index is 12.3. The third-order valence-electron chi connectivity index (χ3n) is 4.49. The molecule has 1 atom stereocenters. The van der Waals surface area contributed by atoms with Crippen molar-refractivity contribution < 1.29 is 4.79 Å². The topological polar surface area (TPSA) is 44.1 Å². The largest absolute Gasteiger partial charge is 0.338 e. The zero-order valence-corrected chi connectivity index (χ0v) is 13.2. The second-order valence-electron chi connectivity index (χ2n) is 7.01. The quantitative estimate of drug-likeness (QED) is 0.830. The first-order valence-electron chi connectivity index (χ1n) is 7.67. The van der Waals surface area contributed by atoms with Gasteiger partial charge < -0.3 is 4.90 Å². The maximum Gasteiger partial charge on any atom is 0.222 e. The van der Waals surface area contributed by atoms with Gasteiger partial charge in [-0.1, -0.05) is 32.9 Å². The van der Waals surface area contributed by atoms with E-state index in [1.54, 1.807) is 0 Å². The lowest BCUT2D eigenvalue weighted by molar-refractivity contribution is -0.131. The van der Waals surface area contributed by atoms with Gasteiger partial charge in [0.1, 0.15) is 0 Å². The van der Waals surface area contributed by atoms with Gasteiger partial charge in [0.25, 0.3) is 0 Å². The highest BCUT2D eigenvalue weighted by molar-refractivity contribution is 5.76. The standard InChI is InChI=1S/C18H24N2O/c1-18(2,3)16-8-9-17(21)20(11-10-16)13-15-6-4-14(12-19)5-7-15/h4-7,16H,8-11,13H2,1-3H3. The number of rotatable bonds is 2. The third-order valence-corrected chi connectivity index (χ3v) is 4.49. The second kappa shape index (κ2) is 6.30. The Labute approximate surface area is 127 Å². The van der Waals surface area contributed by atoms with E-state index in [0.29, 0.717) is 24.4 Å². The lowest BCUT2D eigenvalue weighted by Gasteiger charge is -2.29. The van der Waals surface area contributed by atoms with Crippen LogP contribution in [0.15, 0.2) is 24.3 Å². The number of carbonyl (C=O) groups is 1. The van der Waals surface area contributed by atoms with Gasteiger partial charge in [-0.15, -0.1) is 0 Å². The molecule has 3 nitrogen and oxygen atoms in total. The molecule has 0 aromatic heterocycles. The first-order valence-corrected chi connectivity index (χ1v) is 7.67. The van der Waals surface area contributed by atoms with Gasteiger partial charge in [-0.05, 0) is 41.9 Å². The molecule has 0 spiro atoms. The molecule has 1 aliphatic rings. The molecule has 0 saturated carbocycles. The number of likely N-dealkylation sites (tertiary alicyclic amines) is 1. The van der Waals surface area contributed by atoms with Crippen molar-refractivity contribution in [2.45, 2.75) is 46.6 Å². The Morgan fingerprint density at radius 2 is 1.90 bits per heavy atom. The summed E-state index contributed by atoms with van der Waals surface area (Å²) >= 11 is 0. The minimum absolute atomic E-state index is 0.256. The van der Waals surface area contributed by atoms with Gasteiger partial charge in [0.05, 0.1) is 11.6 Å². The average Bonchev–Trinajstić information content (AvgIpc) is 2.62. The van der Waals surface area contributed by atoms with Crippen molar-refractivity contribution in [3.8, 4) is 6.07 Å². The van der Waals surface area contributed by atoms with E-state index in [9.17, 15) is 4.79 Å². The zero-order chi connectivity index (χ0) is 15.5. The molecule has 1 saturated heterocycles.